The lowest BCUT2D eigenvalue weighted by Gasteiger charge is -2.20. The van der Waals surface area contributed by atoms with E-state index in [9.17, 15) is 4.79 Å². The van der Waals surface area contributed by atoms with Gasteiger partial charge in [-0.15, -0.1) is 0 Å². The SMILES string of the molecule is CCC(C)c1ccccc1OCCn1c(C2CC(=O)N(c3ccccc3OC)C2)nc2ccccc21. The largest absolute Gasteiger partial charge is 0.495 e. The maximum atomic E-state index is 13.1. The Bertz CT molecular complexity index is 1360. The summed E-state index contributed by atoms with van der Waals surface area (Å²) in [6.07, 6.45) is 1.48. The van der Waals surface area contributed by atoms with Gasteiger partial charge in [-0.1, -0.05) is 56.3 Å². The van der Waals surface area contributed by atoms with E-state index in [4.69, 9.17) is 14.5 Å². The minimum absolute atomic E-state index is 0.0118. The van der Waals surface area contributed by atoms with Gasteiger partial charge in [-0.3, -0.25) is 4.79 Å². The summed E-state index contributed by atoms with van der Waals surface area (Å²) in [4.78, 5) is 19.9. The maximum absolute atomic E-state index is 13.1. The van der Waals surface area contributed by atoms with Crippen molar-refractivity contribution in [2.24, 2.45) is 0 Å². The lowest BCUT2D eigenvalue weighted by Crippen LogP contribution is -2.25. The van der Waals surface area contributed by atoms with Crippen LogP contribution in [0.3, 0.4) is 0 Å². The van der Waals surface area contributed by atoms with E-state index in [0.717, 1.165) is 34.7 Å². The number of amides is 1. The fourth-order valence-corrected chi connectivity index (χ4v) is 5.09. The minimum Gasteiger partial charge on any atom is -0.495 e. The number of nitrogens with zero attached hydrogens (tertiary/aromatic N) is 3. The van der Waals surface area contributed by atoms with E-state index in [-0.39, 0.29) is 11.8 Å². The molecule has 0 N–H and O–H groups in total. The van der Waals surface area contributed by atoms with Crippen LogP contribution in [-0.4, -0.2) is 35.7 Å². The first-order valence-electron chi connectivity index (χ1n) is 12.7. The summed E-state index contributed by atoms with van der Waals surface area (Å²) in [5.41, 5.74) is 4.05. The lowest BCUT2D eigenvalue weighted by atomic mass is 9.98. The van der Waals surface area contributed by atoms with E-state index < -0.39 is 0 Å². The Hall–Kier alpha value is -3.80. The molecule has 2 unspecified atom stereocenters. The van der Waals surface area contributed by atoms with E-state index in [1.54, 1.807) is 7.11 Å². The zero-order chi connectivity index (χ0) is 25.1. The van der Waals surface area contributed by atoms with Gasteiger partial charge in [-0.25, -0.2) is 4.98 Å². The molecule has 0 aliphatic carbocycles. The second-order valence-electron chi connectivity index (χ2n) is 9.38. The Labute approximate surface area is 212 Å². The number of para-hydroxylation sites is 5. The summed E-state index contributed by atoms with van der Waals surface area (Å²) >= 11 is 0. The smallest absolute Gasteiger partial charge is 0.227 e. The molecule has 1 amide bonds. The molecule has 0 radical (unpaired) electrons. The summed E-state index contributed by atoms with van der Waals surface area (Å²) in [6, 6.07) is 24.1. The van der Waals surface area contributed by atoms with Crippen molar-refractivity contribution in [1.29, 1.82) is 0 Å². The van der Waals surface area contributed by atoms with Crippen LogP contribution >= 0.6 is 0 Å². The molecule has 186 valence electrons. The number of anilines is 1. The molecule has 6 heteroatoms. The lowest BCUT2D eigenvalue weighted by molar-refractivity contribution is -0.117. The topological polar surface area (TPSA) is 56.6 Å². The quantitative estimate of drug-likeness (QED) is 0.286. The molecule has 1 aliphatic heterocycles. The van der Waals surface area contributed by atoms with Crippen molar-refractivity contribution in [2.75, 3.05) is 25.2 Å². The van der Waals surface area contributed by atoms with Crippen molar-refractivity contribution in [3.8, 4) is 11.5 Å². The van der Waals surface area contributed by atoms with Crippen LogP contribution in [0.4, 0.5) is 5.69 Å². The van der Waals surface area contributed by atoms with Gasteiger partial charge in [0.05, 0.1) is 30.4 Å². The van der Waals surface area contributed by atoms with E-state index >= 15 is 0 Å². The van der Waals surface area contributed by atoms with Crippen molar-refractivity contribution in [2.45, 2.75) is 45.1 Å². The minimum atomic E-state index is -0.0118. The van der Waals surface area contributed by atoms with E-state index in [1.165, 1.54) is 5.56 Å². The van der Waals surface area contributed by atoms with Gasteiger partial charge in [0.15, 0.2) is 0 Å². The molecule has 36 heavy (non-hydrogen) atoms. The third kappa shape index (κ3) is 4.55. The van der Waals surface area contributed by atoms with Gasteiger partial charge in [-0.05, 0) is 48.2 Å². The summed E-state index contributed by atoms with van der Waals surface area (Å²) in [7, 11) is 1.63. The fourth-order valence-electron chi connectivity index (χ4n) is 5.09. The number of methoxy groups -OCH3 is 1. The molecule has 1 aliphatic rings. The Kier molecular flexibility index (Phi) is 6.94. The molecule has 1 saturated heterocycles. The molecule has 2 atom stereocenters. The number of imidazole rings is 1. The number of carbonyl (C=O) groups is 1. The molecular formula is C30H33N3O3. The van der Waals surface area contributed by atoms with Crippen molar-refractivity contribution in [3.05, 3.63) is 84.2 Å². The number of benzene rings is 3. The summed E-state index contributed by atoms with van der Waals surface area (Å²) in [6.45, 7) is 6.18. The van der Waals surface area contributed by atoms with Gasteiger partial charge in [0, 0.05) is 18.9 Å². The first-order chi connectivity index (χ1) is 17.6. The highest BCUT2D eigenvalue weighted by Gasteiger charge is 2.36. The van der Waals surface area contributed by atoms with Crippen molar-refractivity contribution in [3.63, 3.8) is 0 Å². The number of rotatable bonds is 9. The van der Waals surface area contributed by atoms with Crippen molar-refractivity contribution in [1.82, 2.24) is 9.55 Å². The Morgan fingerprint density at radius 3 is 2.53 bits per heavy atom. The highest BCUT2D eigenvalue weighted by atomic mass is 16.5. The predicted octanol–water partition coefficient (Wildman–Crippen LogP) is 6.16. The summed E-state index contributed by atoms with van der Waals surface area (Å²) < 4.78 is 14.0. The third-order valence-electron chi connectivity index (χ3n) is 7.18. The number of fused-ring (bicyclic) bond motifs is 1. The molecule has 2 heterocycles. The molecule has 4 aromatic rings. The monoisotopic (exact) mass is 483 g/mol. The molecule has 0 saturated carbocycles. The zero-order valence-corrected chi connectivity index (χ0v) is 21.2. The van der Waals surface area contributed by atoms with E-state index in [2.05, 4.69) is 42.7 Å². The van der Waals surface area contributed by atoms with Crippen LogP contribution in [0.25, 0.3) is 11.0 Å². The standard InChI is InChI=1S/C30H33N3O3/c1-4-21(2)23-11-5-9-15-27(23)36-18-17-32-25-13-7-6-12-24(25)31-30(32)22-19-29(34)33(20-22)26-14-8-10-16-28(26)35-3/h5-16,21-22H,4,17-20H2,1-3H3. The van der Waals surface area contributed by atoms with Gasteiger partial charge in [0.2, 0.25) is 5.91 Å². The number of ether oxygens (including phenoxy) is 2. The normalized spacial score (nSPS) is 16.5. The van der Waals surface area contributed by atoms with Gasteiger partial charge in [0.1, 0.15) is 23.9 Å². The van der Waals surface area contributed by atoms with Gasteiger partial charge in [-0.2, -0.15) is 0 Å². The number of carbonyl (C=O) groups excluding carboxylic acids is 1. The van der Waals surface area contributed by atoms with Gasteiger partial charge >= 0.3 is 0 Å². The van der Waals surface area contributed by atoms with Crippen molar-refractivity contribution < 1.29 is 14.3 Å². The van der Waals surface area contributed by atoms with Crippen LogP contribution in [0.2, 0.25) is 0 Å². The number of hydrogen-bond acceptors (Lipinski definition) is 4. The molecule has 6 nitrogen and oxygen atoms in total. The third-order valence-corrected chi connectivity index (χ3v) is 7.18. The first kappa shape index (κ1) is 23.9. The number of hydrogen-bond donors (Lipinski definition) is 0. The van der Waals surface area contributed by atoms with Crippen LogP contribution in [-0.2, 0) is 11.3 Å². The molecule has 0 bridgehead atoms. The Morgan fingerprint density at radius 2 is 1.72 bits per heavy atom. The zero-order valence-electron chi connectivity index (χ0n) is 21.2. The summed E-state index contributed by atoms with van der Waals surface area (Å²) in [5, 5.41) is 0. The van der Waals surface area contributed by atoms with Crippen LogP contribution in [0.1, 0.15) is 49.9 Å². The molecule has 0 spiro atoms. The second-order valence-corrected chi connectivity index (χ2v) is 9.38. The first-order valence-corrected chi connectivity index (χ1v) is 12.7. The molecule has 1 aromatic heterocycles. The van der Waals surface area contributed by atoms with Gasteiger partial charge < -0.3 is 18.9 Å². The molecular weight excluding hydrogens is 450 g/mol. The average Bonchev–Trinajstić information content (AvgIpc) is 3.48. The average molecular weight is 484 g/mol. The highest BCUT2D eigenvalue weighted by molar-refractivity contribution is 5.97. The second kappa shape index (κ2) is 10.4. The molecule has 1 fully saturated rings. The molecule has 3 aromatic carbocycles. The van der Waals surface area contributed by atoms with Crippen LogP contribution < -0.4 is 14.4 Å². The maximum Gasteiger partial charge on any atom is 0.227 e. The predicted molar refractivity (Wildman–Crippen MR) is 143 cm³/mol. The Morgan fingerprint density at radius 1 is 1.00 bits per heavy atom. The summed E-state index contributed by atoms with van der Waals surface area (Å²) in [5.74, 6) is 3.09. The van der Waals surface area contributed by atoms with Crippen LogP contribution in [0.5, 0.6) is 11.5 Å². The van der Waals surface area contributed by atoms with E-state index in [0.29, 0.717) is 37.8 Å². The highest BCUT2D eigenvalue weighted by Crippen LogP contribution is 2.37. The molecule has 5 rings (SSSR count). The van der Waals surface area contributed by atoms with E-state index in [1.807, 2.05) is 53.4 Å². The number of aromatic nitrogens is 2. The Balaban J connectivity index is 1.40. The van der Waals surface area contributed by atoms with Crippen LogP contribution in [0.15, 0.2) is 72.8 Å². The van der Waals surface area contributed by atoms with Crippen molar-refractivity contribution >= 4 is 22.6 Å². The fraction of sp³-hybridized carbons (Fsp3) is 0.333. The van der Waals surface area contributed by atoms with Gasteiger partial charge in [0.25, 0.3) is 0 Å². The van der Waals surface area contributed by atoms with Crippen LogP contribution in [0, 0.1) is 0 Å².